The number of amides is 1. The van der Waals surface area contributed by atoms with Crippen molar-refractivity contribution in [2.24, 2.45) is 0 Å². The van der Waals surface area contributed by atoms with Crippen molar-refractivity contribution in [3.8, 4) is 5.75 Å². The molecule has 3 aromatic carbocycles. The van der Waals surface area contributed by atoms with Crippen molar-refractivity contribution >= 4 is 23.3 Å². The molecule has 1 amide bonds. The maximum atomic E-state index is 13.7. The normalized spacial score (nSPS) is 17.3. The number of benzene rings is 3. The highest BCUT2D eigenvalue weighted by molar-refractivity contribution is 6.24. The molecule has 0 atom stereocenters. The van der Waals surface area contributed by atoms with Crippen LogP contribution in [0.25, 0.3) is 11.6 Å². The molecule has 0 aromatic heterocycles. The second-order valence-electron chi connectivity index (χ2n) is 9.44. The van der Waals surface area contributed by atoms with Crippen molar-refractivity contribution in [3.63, 3.8) is 0 Å². The van der Waals surface area contributed by atoms with Crippen molar-refractivity contribution in [2.75, 3.05) is 13.1 Å². The van der Waals surface area contributed by atoms with E-state index in [1.807, 2.05) is 97.6 Å². The van der Waals surface area contributed by atoms with Gasteiger partial charge in [-0.1, -0.05) is 60.7 Å². The van der Waals surface area contributed by atoms with Crippen molar-refractivity contribution in [2.45, 2.75) is 38.7 Å². The van der Waals surface area contributed by atoms with Gasteiger partial charge in [-0.2, -0.15) is 0 Å². The summed E-state index contributed by atoms with van der Waals surface area (Å²) in [5, 5.41) is 0. The number of fused-ring (bicyclic) bond motifs is 1. The Bertz CT molecular complexity index is 1250. The molecular weight excluding hydrogens is 422 g/mol. The number of ketones is 1. The van der Waals surface area contributed by atoms with Gasteiger partial charge in [0.15, 0.2) is 5.78 Å². The van der Waals surface area contributed by atoms with Crippen molar-refractivity contribution in [1.29, 1.82) is 0 Å². The quantitative estimate of drug-likeness (QED) is 0.370. The van der Waals surface area contributed by atoms with Gasteiger partial charge in [0.25, 0.3) is 5.91 Å². The number of Topliss-reactive ketones (excluding diaryl/α,β-unsaturated/α-hetero) is 1. The minimum atomic E-state index is -0.529. The molecule has 2 aliphatic heterocycles. The summed E-state index contributed by atoms with van der Waals surface area (Å²) in [4.78, 5) is 28.5. The molecule has 0 radical (unpaired) electrons. The maximum absolute atomic E-state index is 13.7. The highest BCUT2D eigenvalue weighted by Gasteiger charge is 2.44. The second kappa shape index (κ2) is 8.94. The van der Waals surface area contributed by atoms with Crippen molar-refractivity contribution < 1.29 is 14.3 Å². The zero-order chi connectivity index (χ0) is 23.7. The fourth-order valence-corrected chi connectivity index (χ4v) is 4.92. The molecule has 2 heterocycles. The topological polar surface area (TPSA) is 46.6 Å². The summed E-state index contributed by atoms with van der Waals surface area (Å²) in [6, 6.07) is 23.7. The first-order valence-electron chi connectivity index (χ1n) is 11.9. The van der Waals surface area contributed by atoms with Crippen LogP contribution in [0.5, 0.6) is 5.75 Å². The van der Waals surface area contributed by atoms with E-state index in [0.717, 1.165) is 22.3 Å². The Morgan fingerprint density at radius 3 is 2.21 bits per heavy atom. The average molecular weight is 452 g/mol. The number of carbonyl (C=O) groups is 2. The number of likely N-dealkylation sites (tertiary alicyclic amines) is 1. The Kier molecular flexibility index (Phi) is 5.82. The summed E-state index contributed by atoms with van der Waals surface area (Å²) >= 11 is 0. The minimum absolute atomic E-state index is 0.0129. The van der Waals surface area contributed by atoms with Gasteiger partial charge in [0, 0.05) is 31.5 Å². The fraction of sp³-hybridized carbons (Fsp3) is 0.267. The van der Waals surface area contributed by atoms with Crippen LogP contribution >= 0.6 is 0 Å². The molecule has 3 aromatic rings. The maximum Gasteiger partial charge on any atom is 0.254 e. The lowest BCUT2D eigenvalue weighted by molar-refractivity contribution is -0.128. The van der Waals surface area contributed by atoms with Crippen LogP contribution in [0.4, 0.5) is 0 Å². The number of carbonyl (C=O) groups excluding carboxylic acids is 2. The summed E-state index contributed by atoms with van der Waals surface area (Å²) in [5.41, 5.74) is 4.95. The van der Waals surface area contributed by atoms with Crippen LogP contribution in [-0.4, -0.2) is 35.3 Å². The summed E-state index contributed by atoms with van der Waals surface area (Å²) in [6.45, 7) is 5.18. The van der Waals surface area contributed by atoms with Gasteiger partial charge in [0.2, 0.25) is 0 Å². The molecule has 4 nitrogen and oxygen atoms in total. The first-order chi connectivity index (χ1) is 16.4. The molecule has 34 heavy (non-hydrogen) atoms. The van der Waals surface area contributed by atoms with Gasteiger partial charge in [0.05, 0.1) is 12.0 Å². The van der Waals surface area contributed by atoms with Crippen molar-refractivity contribution in [3.05, 3.63) is 101 Å². The van der Waals surface area contributed by atoms with E-state index < -0.39 is 5.60 Å². The summed E-state index contributed by atoms with van der Waals surface area (Å²) < 4.78 is 6.46. The SMILES string of the molecule is Cc1cc2c(cc1C)C(=O)CC1(CCN(C(=O)/C(=C\c3ccccc3)c3ccccc3)CC1)O2. The number of piperidine rings is 1. The number of hydrogen-bond acceptors (Lipinski definition) is 3. The number of hydrogen-bond donors (Lipinski definition) is 0. The standard InChI is InChI=1S/C30H29NO3/c1-21-17-26-27(32)20-30(34-28(26)18-22(21)2)13-15-31(16-14-30)29(33)25(24-11-7-4-8-12-24)19-23-9-5-3-6-10-23/h3-12,17-19H,13-16,20H2,1-2H3/b25-19-. The molecule has 0 bridgehead atoms. The Morgan fingerprint density at radius 1 is 0.912 bits per heavy atom. The zero-order valence-corrected chi connectivity index (χ0v) is 19.7. The molecule has 172 valence electrons. The predicted octanol–water partition coefficient (Wildman–Crippen LogP) is 5.87. The average Bonchev–Trinajstić information content (AvgIpc) is 2.85. The first-order valence-corrected chi connectivity index (χ1v) is 11.9. The molecule has 1 spiro atoms. The Balaban J connectivity index is 1.37. The second-order valence-corrected chi connectivity index (χ2v) is 9.44. The van der Waals surface area contributed by atoms with E-state index in [-0.39, 0.29) is 11.7 Å². The van der Waals surface area contributed by atoms with Gasteiger partial charge in [-0.3, -0.25) is 9.59 Å². The van der Waals surface area contributed by atoms with Gasteiger partial charge in [-0.25, -0.2) is 0 Å². The largest absolute Gasteiger partial charge is 0.486 e. The number of nitrogens with zero attached hydrogens (tertiary/aromatic N) is 1. The molecule has 4 heteroatoms. The van der Waals surface area contributed by atoms with Crippen LogP contribution < -0.4 is 4.74 Å². The molecule has 0 N–H and O–H groups in total. The van der Waals surface area contributed by atoms with Gasteiger partial charge in [-0.15, -0.1) is 0 Å². The summed E-state index contributed by atoms with van der Waals surface area (Å²) in [5.74, 6) is 0.838. The number of aryl methyl sites for hydroxylation is 2. The van der Waals surface area contributed by atoms with E-state index >= 15 is 0 Å². The van der Waals surface area contributed by atoms with E-state index in [9.17, 15) is 9.59 Å². The third-order valence-corrected chi connectivity index (χ3v) is 7.09. The third kappa shape index (κ3) is 4.28. The molecule has 0 saturated carbocycles. The van der Waals surface area contributed by atoms with Crippen LogP contribution in [0, 0.1) is 13.8 Å². The van der Waals surface area contributed by atoms with E-state index in [2.05, 4.69) is 0 Å². The number of rotatable bonds is 3. The lowest BCUT2D eigenvalue weighted by Crippen LogP contribution is -2.52. The smallest absolute Gasteiger partial charge is 0.254 e. The van der Waals surface area contributed by atoms with Crippen LogP contribution in [0.2, 0.25) is 0 Å². The van der Waals surface area contributed by atoms with Crippen molar-refractivity contribution in [1.82, 2.24) is 4.90 Å². The van der Waals surface area contributed by atoms with E-state index in [1.165, 1.54) is 0 Å². The highest BCUT2D eigenvalue weighted by atomic mass is 16.5. The molecule has 2 aliphatic rings. The Labute approximate surface area is 200 Å². The van der Waals surface area contributed by atoms with E-state index in [4.69, 9.17) is 4.74 Å². The molecular formula is C30H29NO3. The summed E-state index contributed by atoms with van der Waals surface area (Å²) in [7, 11) is 0. The van der Waals surface area contributed by atoms with Gasteiger partial charge < -0.3 is 9.64 Å². The molecule has 1 saturated heterocycles. The third-order valence-electron chi connectivity index (χ3n) is 7.09. The monoisotopic (exact) mass is 451 g/mol. The molecule has 0 unspecified atom stereocenters. The first kappa shape index (κ1) is 22.1. The lowest BCUT2D eigenvalue weighted by Gasteiger charge is -2.44. The Hall–Kier alpha value is -3.66. The Morgan fingerprint density at radius 2 is 1.53 bits per heavy atom. The zero-order valence-electron chi connectivity index (χ0n) is 19.7. The van der Waals surface area contributed by atoms with E-state index in [1.54, 1.807) is 0 Å². The van der Waals surface area contributed by atoms with Gasteiger partial charge in [0.1, 0.15) is 11.4 Å². The lowest BCUT2D eigenvalue weighted by atomic mass is 9.81. The van der Waals surface area contributed by atoms with Gasteiger partial charge in [-0.05, 0) is 54.3 Å². The van der Waals surface area contributed by atoms with Crippen LogP contribution in [-0.2, 0) is 4.79 Å². The molecule has 1 fully saturated rings. The molecule has 0 aliphatic carbocycles. The number of ether oxygens (including phenoxy) is 1. The minimum Gasteiger partial charge on any atom is -0.486 e. The fourth-order valence-electron chi connectivity index (χ4n) is 4.92. The summed E-state index contributed by atoms with van der Waals surface area (Å²) in [6.07, 6.45) is 3.62. The molecule has 5 rings (SSSR count). The predicted molar refractivity (Wildman–Crippen MR) is 135 cm³/mol. The van der Waals surface area contributed by atoms with E-state index in [0.29, 0.717) is 49.2 Å². The van der Waals surface area contributed by atoms with Gasteiger partial charge >= 0.3 is 0 Å². The highest BCUT2D eigenvalue weighted by Crippen LogP contribution is 2.40. The van der Waals surface area contributed by atoms with Crippen LogP contribution in [0.15, 0.2) is 72.8 Å². The van der Waals surface area contributed by atoms with Crippen LogP contribution in [0.1, 0.15) is 51.9 Å². The van der Waals surface area contributed by atoms with Crippen LogP contribution in [0.3, 0.4) is 0 Å².